The second-order valence-corrected chi connectivity index (χ2v) is 4.77. The predicted molar refractivity (Wildman–Crippen MR) is 61.6 cm³/mol. The first kappa shape index (κ1) is 11.5. The van der Waals surface area contributed by atoms with Gasteiger partial charge in [0.15, 0.2) is 0 Å². The first-order chi connectivity index (χ1) is 7.65. The Kier molecular flexibility index (Phi) is 3.21. The highest BCUT2D eigenvalue weighted by Gasteiger charge is 2.34. The Morgan fingerprint density at radius 3 is 2.75 bits per heavy atom. The van der Waals surface area contributed by atoms with Crippen molar-refractivity contribution in [2.45, 2.75) is 31.2 Å². The van der Waals surface area contributed by atoms with Crippen molar-refractivity contribution < 1.29 is 9.90 Å². The van der Waals surface area contributed by atoms with Crippen molar-refractivity contribution in [3.8, 4) is 0 Å². The molecule has 0 saturated heterocycles. The molecule has 1 aliphatic carbocycles. The molecule has 2 rings (SSSR count). The molecule has 1 heterocycles. The van der Waals surface area contributed by atoms with Crippen molar-refractivity contribution in [3.05, 3.63) is 23.0 Å². The standard InChI is InChI=1S/C11H15ClN2O2/c12-8-5-9(13-6-8)10(16)14-11(7-15)3-1-2-4-11/h5-6,13,15H,1-4,7H2,(H,14,16). The third kappa shape index (κ3) is 2.23. The minimum atomic E-state index is -0.436. The molecule has 1 aromatic rings. The Balaban J connectivity index is 2.06. The number of rotatable bonds is 3. The minimum Gasteiger partial charge on any atom is -0.394 e. The zero-order valence-corrected chi connectivity index (χ0v) is 9.68. The van der Waals surface area contributed by atoms with Gasteiger partial charge in [0, 0.05) is 6.20 Å². The Hall–Kier alpha value is -1.00. The Bertz CT molecular complexity index is 383. The molecule has 16 heavy (non-hydrogen) atoms. The van der Waals surface area contributed by atoms with Crippen LogP contribution >= 0.6 is 11.6 Å². The van der Waals surface area contributed by atoms with Gasteiger partial charge in [0.25, 0.3) is 5.91 Å². The van der Waals surface area contributed by atoms with E-state index >= 15 is 0 Å². The number of amides is 1. The van der Waals surface area contributed by atoms with E-state index in [4.69, 9.17) is 11.6 Å². The summed E-state index contributed by atoms with van der Waals surface area (Å²) >= 11 is 5.73. The number of carbonyl (C=O) groups is 1. The summed E-state index contributed by atoms with van der Waals surface area (Å²) < 4.78 is 0. The lowest BCUT2D eigenvalue weighted by Crippen LogP contribution is -2.49. The van der Waals surface area contributed by atoms with Crippen molar-refractivity contribution in [2.24, 2.45) is 0 Å². The number of aromatic amines is 1. The number of hydrogen-bond donors (Lipinski definition) is 3. The first-order valence-electron chi connectivity index (χ1n) is 5.42. The molecule has 0 aliphatic heterocycles. The summed E-state index contributed by atoms with van der Waals surface area (Å²) in [6.45, 7) is -0.00677. The monoisotopic (exact) mass is 242 g/mol. The van der Waals surface area contributed by atoms with Gasteiger partial charge in [-0.1, -0.05) is 24.4 Å². The lowest BCUT2D eigenvalue weighted by atomic mass is 9.99. The summed E-state index contributed by atoms with van der Waals surface area (Å²) in [6.07, 6.45) is 5.34. The molecule has 0 aromatic carbocycles. The molecule has 1 aliphatic rings. The van der Waals surface area contributed by atoms with E-state index < -0.39 is 5.54 Å². The van der Waals surface area contributed by atoms with Crippen LogP contribution < -0.4 is 5.32 Å². The molecule has 0 spiro atoms. The molecule has 0 atom stereocenters. The summed E-state index contributed by atoms with van der Waals surface area (Å²) in [6, 6.07) is 1.58. The molecular formula is C11H15ClN2O2. The number of aliphatic hydroxyl groups is 1. The zero-order chi connectivity index (χ0) is 11.6. The maximum atomic E-state index is 11.9. The topological polar surface area (TPSA) is 65.1 Å². The minimum absolute atomic E-state index is 0.00677. The smallest absolute Gasteiger partial charge is 0.268 e. The average molecular weight is 243 g/mol. The summed E-state index contributed by atoms with van der Waals surface area (Å²) in [5.41, 5.74) is -0.000913. The highest BCUT2D eigenvalue weighted by Crippen LogP contribution is 2.29. The van der Waals surface area contributed by atoms with Crippen LogP contribution in [0.5, 0.6) is 0 Å². The van der Waals surface area contributed by atoms with Gasteiger partial charge in [-0.2, -0.15) is 0 Å². The van der Waals surface area contributed by atoms with Gasteiger partial charge in [-0.3, -0.25) is 4.79 Å². The summed E-state index contributed by atoms with van der Waals surface area (Å²) in [7, 11) is 0. The van der Waals surface area contributed by atoms with Crippen molar-refractivity contribution in [1.82, 2.24) is 10.3 Å². The zero-order valence-electron chi connectivity index (χ0n) is 8.92. The third-order valence-corrected chi connectivity index (χ3v) is 3.35. The number of aliphatic hydroxyl groups excluding tert-OH is 1. The highest BCUT2D eigenvalue weighted by molar-refractivity contribution is 6.30. The fourth-order valence-electron chi connectivity index (χ4n) is 2.18. The van der Waals surface area contributed by atoms with E-state index in [0.29, 0.717) is 10.7 Å². The molecule has 5 heteroatoms. The Morgan fingerprint density at radius 2 is 2.25 bits per heavy atom. The highest BCUT2D eigenvalue weighted by atomic mass is 35.5. The lowest BCUT2D eigenvalue weighted by molar-refractivity contribution is 0.0834. The summed E-state index contributed by atoms with van der Waals surface area (Å²) in [5.74, 6) is -0.206. The van der Waals surface area contributed by atoms with Crippen LogP contribution in [0.1, 0.15) is 36.2 Å². The van der Waals surface area contributed by atoms with Gasteiger partial charge < -0.3 is 15.4 Å². The largest absolute Gasteiger partial charge is 0.394 e. The van der Waals surface area contributed by atoms with E-state index in [9.17, 15) is 9.90 Å². The van der Waals surface area contributed by atoms with E-state index in [-0.39, 0.29) is 12.5 Å². The van der Waals surface area contributed by atoms with Crippen LogP contribution in [0.15, 0.2) is 12.3 Å². The van der Waals surface area contributed by atoms with Gasteiger partial charge in [0.1, 0.15) is 5.69 Å². The van der Waals surface area contributed by atoms with Gasteiger partial charge >= 0.3 is 0 Å². The van der Waals surface area contributed by atoms with E-state index in [1.807, 2.05) is 0 Å². The molecule has 1 amide bonds. The Morgan fingerprint density at radius 1 is 1.56 bits per heavy atom. The summed E-state index contributed by atoms with van der Waals surface area (Å²) in [4.78, 5) is 14.7. The maximum Gasteiger partial charge on any atom is 0.268 e. The molecule has 88 valence electrons. The van der Waals surface area contributed by atoms with E-state index in [1.54, 1.807) is 12.3 Å². The molecule has 0 unspecified atom stereocenters. The average Bonchev–Trinajstić information content (AvgIpc) is 2.88. The van der Waals surface area contributed by atoms with Crippen LogP contribution in [0.4, 0.5) is 0 Å². The van der Waals surface area contributed by atoms with E-state index in [1.165, 1.54) is 0 Å². The van der Waals surface area contributed by atoms with Crippen LogP contribution in [0.2, 0.25) is 5.02 Å². The molecule has 1 fully saturated rings. The van der Waals surface area contributed by atoms with Crippen LogP contribution in [-0.4, -0.2) is 28.1 Å². The fraction of sp³-hybridized carbons (Fsp3) is 0.545. The van der Waals surface area contributed by atoms with Gasteiger partial charge in [-0.05, 0) is 18.9 Å². The molecule has 1 saturated carbocycles. The second kappa shape index (κ2) is 4.47. The number of halogens is 1. The van der Waals surface area contributed by atoms with Crippen LogP contribution in [0, 0.1) is 0 Å². The van der Waals surface area contributed by atoms with E-state index in [0.717, 1.165) is 25.7 Å². The maximum absolute atomic E-state index is 11.9. The molecule has 4 nitrogen and oxygen atoms in total. The first-order valence-corrected chi connectivity index (χ1v) is 5.80. The molecule has 3 N–H and O–H groups in total. The van der Waals surface area contributed by atoms with Gasteiger partial charge in [-0.25, -0.2) is 0 Å². The normalized spacial score (nSPS) is 18.6. The Labute approximate surface area is 99.0 Å². The van der Waals surface area contributed by atoms with Crippen molar-refractivity contribution >= 4 is 17.5 Å². The lowest BCUT2D eigenvalue weighted by Gasteiger charge is -2.27. The second-order valence-electron chi connectivity index (χ2n) is 4.33. The van der Waals surface area contributed by atoms with Crippen LogP contribution in [-0.2, 0) is 0 Å². The summed E-state index contributed by atoms with van der Waals surface area (Å²) in [5, 5.41) is 12.8. The van der Waals surface area contributed by atoms with Crippen LogP contribution in [0.3, 0.4) is 0 Å². The molecule has 1 aromatic heterocycles. The number of carbonyl (C=O) groups excluding carboxylic acids is 1. The van der Waals surface area contributed by atoms with Crippen LogP contribution in [0.25, 0.3) is 0 Å². The number of nitrogens with one attached hydrogen (secondary N) is 2. The number of hydrogen-bond acceptors (Lipinski definition) is 2. The number of H-pyrrole nitrogens is 1. The number of aromatic nitrogens is 1. The predicted octanol–water partition coefficient (Wildman–Crippen LogP) is 1.70. The molecule has 0 radical (unpaired) electrons. The van der Waals surface area contributed by atoms with Crippen molar-refractivity contribution in [1.29, 1.82) is 0 Å². The molecular weight excluding hydrogens is 228 g/mol. The SMILES string of the molecule is O=C(NC1(CO)CCCC1)c1cc(Cl)c[nH]1. The van der Waals surface area contributed by atoms with Gasteiger partial charge in [0.05, 0.1) is 17.2 Å². The quantitative estimate of drug-likeness (QED) is 0.756. The van der Waals surface area contributed by atoms with Crippen molar-refractivity contribution in [3.63, 3.8) is 0 Å². The van der Waals surface area contributed by atoms with Gasteiger partial charge in [-0.15, -0.1) is 0 Å². The van der Waals surface area contributed by atoms with Crippen molar-refractivity contribution in [2.75, 3.05) is 6.61 Å². The van der Waals surface area contributed by atoms with Gasteiger partial charge in [0.2, 0.25) is 0 Å². The van der Waals surface area contributed by atoms with E-state index in [2.05, 4.69) is 10.3 Å². The third-order valence-electron chi connectivity index (χ3n) is 3.13. The fourth-order valence-corrected chi connectivity index (χ4v) is 2.35. The molecule has 0 bridgehead atoms.